The number of aromatic nitrogens is 4. The maximum absolute atomic E-state index is 12.5. The molecule has 7 nitrogen and oxygen atoms in total. The summed E-state index contributed by atoms with van der Waals surface area (Å²) in [7, 11) is 0. The van der Waals surface area contributed by atoms with E-state index in [4.69, 9.17) is 4.42 Å². The zero-order valence-electron chi connectivity index (χ0n) is 15.1. The number of anilines is 1. The van der Waals surface area contributed by atoms with Gasteiger partial charge in [0, 0.05) is 11.9 Å². The smallest absolute Gasteiger partial charge is 0.239 e. The van der Waals surface area contributed by atoms with Crippen molar-refractivity contribution in [3.05, 3.63) is 29.5 Å². The third kappa shape index (κ3) is 4.34. The van der Waals surface area contributed by atoms with E-state index >= 15 is 0 Å². The molecule has 9 heteroatoms. The van der Waals surface area contributed by atoms with Gasteiger partial charge in [0.1, 0.15) is 0 Å². The molecule has 3 rings (SSSR count). The Morgan fingerprint density at radius 2 is 2.19 bits per heavy atom. The zero-order chi connectivity index (χ0) is 18.7. The number of aryl methyl sites for hydroxylation is 1. The number of hydrogen-bond donors (Lipinski definition) is 1. The van der Waals surface area contributed by atoms with Gasteiger partial charge >= 0.3 is 0 Å². The Labute approximate surface area is 160 Å². The minimum Gasteiger partial charge on any atom is -0.461 e. The molecule has 3 aromatic rings. The van der Waals surface area contributed by atoms with Crippen LogP contribution in [0.2, 0.25) is 0 Å². The van der Waals surface area contributed by atoms with E-state index in [0.29, 0.717) is 27.8 Å². The summed E-state index contributed by atoms with van der Waals surface area (Å²) in [5, 5.41) is 14.3. The van der Waals surface area contributed by atoms with Gasteiger partial charge in [-0.1, -0.05) is 25.6 Å². The first-order valence-corrected chi connectivity index (χ1v) is 10.1. The Bertz CT molecular complexity index is 870. The van der Waals surface area contributed by atoms with Gasteiger partial charge < -0.3 is 9.73 Å². The predicted octanol–water partition coefficient (Wildman–Crippen LogP) is 4.08. The SMILES string of the molecule is Cc1csc(NC(=O)C(C)Sc2nnc(-c3ccco3)n2CC(C)C)n1. The second-order valence-electron chi connectivity index (χ2n) is 6.33. The molecule has 0 spiro atoms. The number of amides is 1. The first kappa shape index (κ1) is 18.7. The number of carbonyl (C=O) groups is 1. The third-order valence-corrected chi connectivity index (χ3v) is 5.46. The number of hydrogen-bond acceptors (Lipinski definition) is 7. The highest BCUT2D eigenvalue weighted by Gasteiger charge is 2.22. The van der Waals surface area contributed by atoms with E-state index in [0.717, 1.165) is 12.2 Å². The van der Waals surface area contributed by atoms with E-state index in [1.807, 2.05) is 35.9 Å². The number of nitrogens with zero attached hydrogens (tertiary/aromatic N) is 4. The standard InChI is InChI=1S/C17H21N5O2S2/c1-10(2)8-22-14(13-6-5-7-24-13)20-21-17(22)26-12(4)15(23)19-16-18-11(3)9-25-16/h5-7,9-10,12H,8H2,1-4H3,(H,18,19,23). The van der Waals surface area contributed by atoms with Crippen LogP contribution in [0.5, 0.6) is 0 Å². The Kier molecular flexibility index (Phi) is 5.77. The van der Waals surface area contributed by atoms with Gasteiger partial charge in [-0.2, -0.15) is 0 Å². The van der Waals surface area contributed by atoms with Crippen LogP contribution >= 0.6 is 23.1 Å². The fraction of sp³-hybridized carbons (Fsp3) is 0.412. The van der Waals surface area contributed by atoms with Gasteiger partial charge in [0.05, 0.1) is 17.2 Å². The molecule has 3 heterocycles. The van der Waals surface area contributed by atoms with Gasteiger partial charge in [0.15, 0.2) is 21.9 Å². The summed E-state index contributed by atoms with van der Waals surface area (Å²) < 4.78 is 7.48. The number of nitrogens with one attached hydrogen (secondary N) is 1. The molecule has 1 atom stereocenters. The largest absolute Gasteiger partial charge is 0.461 e. The third-order valence-electron chi connectivity index (χ3n) is 3.51. The molecule has 0 aliphatic rings. The monoisotopic (exact) mass is 391 g/mol. The maximum Gasteiger partial charge on any atom is 0.239 e. The molecule has 3 aromatic heterocycles. The lowest BCUT2D eigenvalue weighted by atomic mass is 10.2. The number of rotatable bonds is 7. The van der Waals surface area contributed by atoms with Gasteiger partial charge in [-0.3, -0.25) is 9.36 Å². The molecule has 138 valence electrons. The van der Waals surface area contributed by atoms with Gasteiger partial charge in [-0.05, 0) is 31.9 Å². The van der Waals surface area contributed by atoms with Crippen molar-refractivity contribution in [3.8, 4) is 11.6 Å². The van der Waals surface area contributed by atoms with Gasteiger partial charge in [0.2, 0.25) is 5.91 Å². The van der Waals surface area contributed by atoms with Crippen LogP contribution < -0.4 is 5.32 Å². The van der Waals surface area contributed by atoms with E-state index in [-0.39, 0.29) is 11.2 Å². The Morgan fingerprint density at radius 3 is 2.81 bits per heavy atom. The molecule has 0 saturated heterocycles. The fourth-order valence-electron chi connectivity index (χ4n) is 2.32. The molecular weight excluding hydrogens is 370 g/mol. The summed E-state index contributed by atoms with van der Waals surface area (Å²) in [4.78, 5) is 16.7. The van der Waals surface area contributed by atoms with Crippen molar-refractivity contribution in [2.45, 2.75) is 44.6 Å². The lowest BCUT2D eigenvalue weighted by Crippen LogP contribution is -2.23. The van der Waals surface area contributed by atoms with E-state index in [1.165, 1.54) is 23.1 Å². The minimum atomic E-state index is -0.334. The molecule has 1 amide bonds. The van der Waals surface area contributed by atoms with Crippen LogP contribution in [-0.2, 0) is 11.3 Å². The van der Waals surface area contributed by atoms with Crippen LogP contribution in [0.4, 0.5) is 5.13 Å². The molecule has 0 aliphatic heterocycles. The maximum atomic E-state index is 12.5. The summed E-state index contributed by atoms with van der Waals surface area (Å²) in [5.41, 5.74) is 0.894. The first-order valence-electron chi connectivity index (χ1n) is 8.30. The van der Waals surface area contributed by atoms with E-state index in [1.54, 1.807) is 6.26 Å². The van der Waals surface area contributed by atoms with E-state index in [9.17, 15) is 4.79 Å². The average molecular weight is 392 g/mol. The van der Waals surface area contributed by atoms with Crippen molar-refractivity contribution in [2.75, 3.05) is 5.32 Å². The minimum absolute atomic E-state index is 0.108. The molecule has 0 radical (unpaired) electrons. The first-order chi connectivity index (χ1) is 12.4. The molecule has 0 fully saturated rings. The molecule has 0 bridgehead atoms. The van der Waals surface area contributed by atoms with Gasteiger partial charge in [-0.25, -0.2) is 4.98 Å². The predicted molar refractivity (Wildman–Crippen MR) is 103 cm³/mol. The van der Waals surface area contributed by atoms with Crippen LogP contribution in [0.1, 0.15) is 26.5 Å². The lowest BCUT2D eigenvalue weighted by Gasteiger charge is -2.14. The molecule has 1 unspecified atom stereocenters. The number of thiazole rings is 1. The van der Waals surface area contributed by atoms with Crippen molar-refractivity contribution >= 4 is 34.1 Å². The molecule has 26 heavy (non-hydrogen) atoms. The summed E-state index contributed by atoms with van der Waals surface area (Å²) in [6.45, 7) is 8.74. The Hall–Kier alpha value is -2.13. The molecule has 0 aliphatic carbocycles. The second-order valence-corrected chi connectivity index (χ2v) is 8.50. The topological polar surface area (TPSA) is 85.8 Å². The molecule has 1 N–H and O–H groups in total. The molecule has 0 saturated carbocycles. The van der Waals surface area contributed by atoms with Crippen molar-refractivity contribution in [1.82, 2.24) is 19.7 Å². The quantitative estimate of drug-likeness (QED) is 0.611. The van der Waals surface area contributed by atoms with Gasteiger partial charge in [0.25, 0.3) is 0 Å². The van der Waals surface area contributed by atoms with Crippen LogP contribution in [0.3, 0.4) is 0 Å². The zero-order valence-corrected chi connectivity index (χ0v) is 16.7. The summed E-state index contributed by atoms with van der Waals surface area (Å²) in [5.74, 6) is 1.64. The Morgan fingerprint density at radius 1 is 1.38 bits per heavy atom. The lowest BCUT2D eigenvalue weighted by molar-refractivity contribution is -0.115. The van der Waals surface area contributed by atoms with Crippen LogP contribution in [0.15, 0.2) is 33.3 Å². The van der Waals surface area contributed by atoms with Crippen molar-refractivity contribution in [2.24, 2.45) is 5.92 Å². The average Bonchev–Trinajstić information content (AvgIpc) is 3.30. The van der Waals surface area contributed by atoms with Crippen molar-refractivity contribution in [1.29, 1.82) is 0 Å². The van der Waals surface area contributed by atoms with Crippen LogP contribution in [-0.4, -0.2) is 30.9 Å². The highest BCUT2D eigenvalue weighted by atomic mass is 32.2. The number of thioether (sulfide) groups is 1. The highest BCUT2D eigenvalue weighted by molar-refractivity contribution is 8.00. The molecule has 0 aromatic carbocycles. The fourth-order valence-corrected chi connectivity index (χ4v) is 3.87. The summed E-state index contributed by atoms with van der Waals surface area (Å²) >= 11 is 2.79. The highest BCUT2D eigenvalue weighted by Crippen LogP contribution is 2.28. The second kappa shape index (κ2) is 8.05. The number of carbonyl (C=O) groups excluding carboxylic acids is 1. The molecular formula is C17H21N5O2S2. The summed E-state index contributed by atoms with van der Waals surface area (Å²) in [6, 6.07) is 3.68. The van der Waals surface area contributed by atoms with Crippen molar-refractivity contribution in [3.63, 3.8) is 0 Å². The van der Waals surface area contributed by atoms with Crippen LogP contribution in [0.25, 0.3) is 11.6 Å². The van der Waals surface area contributed by atoms with E-state index < -0.39 is 0 Å². The number of furan rings is 1. The Balaban J connectivity index is 1.76. The van der Waals surface area contributed by atoms with Gasteiger partial charge in [-0.15, -0.1) is 21.5 Å². The van der Waals surface area contributed by atoms with Crippen molar-refractivity contribution < 1.29 is 9.21 Å². The summed E-state index contributed by atoms with van der Waals surface area (Å²) in [6.07, 6.45) is 1.61. The normalized spacial score (nSPS) is 12.5. The van der Waals surface area contributed by atoms with E-state index in [2.05, 4.69) is 34.3 Å². The van der Waals surface area contributed by atoms with Crippen LogP contribution in [0, 0.1) is 12.8 Å².